The minimum Gasteiger partial charge on any atom is -0.494 e. The minimum absolute atomic E-state index is 0.295. The molecular weight excluding hydrogens is 370 g/mol. The fourth-order valence-electron chi connectivity index (χ4n) is 2.79. The van der Waals surface area contributed by atoms with E-state index < -0.39 is 0 Å². The molecule has 0 radical (unpaired) electrons. The van der Waals surface area contributed by atoms with Gasteiger partial charge in [-0.15, -0.1) is 11.3 Å². The van der Waals surface area contributed by atoms with Crippen LogP contribution in [0.1, 0.15) is 6.92 Å². The zero-order valence-electron chi connectivity index (χ0n) is 15.3. The van der Waals surface area contributed by atoms with Crippen LogP contribution in [0.2, 0.25) is 0 Å². The van der Waals surface area contributed by atoms with E-state index in [0.717, 1.165) is 26.5 Å². The van der Waals surface area contributed by atoms with Gasteiger partial charge in [0, 0.05) is 16.9 Å². The average Bonchev–Trinajstić information content (AvgIpc) is 3.14. The molecule has 1 heterocycles. The molecule has 2 N–H and O–H groups in total. The number of benzene rings is 3. The predicted molar refractivity (Wildman–Crippen MR) is 115 cm³/mol. The lowest BCUT2D eigenvalue weighted by Crippen LogP contribution is -2.19. The number of nitrogens with zero attached hydrogens (tertiary/aromatic N) is 1. The first-order valence-electron chi connectivity index (χ1n) is 8.98. The van der Waals surface area contributed by atoms with Gasteiger partial charge in [-0.25, -0.2) is 9.78 Å². The molecule has 0 saturated heterocycles. The van der Waals surface area contributed by atoms with Crippen molar-refractivity contribution in [1.29, 1.82) is 0 Å². The Labute approximate surface area is 167 Å². The number of anilines is 2. The molecule has 0 atom stereocenters. The fourth-order valence-corrected chi connectivity index (χ4v) is 3.76. The number of para-hydroxylation sites is 1. The van der Waals surface area contributed by atoms with E-state index in [-0.39, 0.29) is 6.03 Å². The van der Waals surface area contributed by atoms with Crippen LogP contribution in [-0.2, 0) is 0 Å². The van der Waals surface area contributed by atoms with Crippen molar-refractivity contribution in [3.05, 3.63) is 72.8 Å². The minimum atomic E-state index is -0.295. The first-order valence-corrected chi connectivity index (χ1v) is 9.80. The molecule has 140 valence electrons. The maximum Gasteiger partial charge on any atom is 0.323 e. The van der Waals surface area contributed by atoms with Crippen molar-refractivity contribution in [3.63, 3.8) is 0 Å². The lowest BCUT2D eigenvalue weighted by molar-refractivity contribution is 0.262. The Bertz CT molecular complexity index is 1060. The number of carbonyl (C=O) groups excluding carboxylic acids is 1. The summed E-state index contributed by atoms with van der Waals surface area (Å²) < 4.78 is 6.56. The van der Waals surface area contributed by atoms with Crippen molar-refractivity contribution in [2.24, 2.45) is 0 Å². The van der Waals surface area contributed by atoms with Crippen LogP contribution in [0.15, 0.2) is 72.8 Å². The smallest absolute Gasteiger partial charge is 0.323 e. The largest absolute Gasteiger partial charge is 0.494 e. The highest BCUT2D eigenvalue weighted by molar-refractivity contribution is 7.21. The van der Waals surface area contributed by atoms with Gasteiger partial charge in [-0.1, -0.05) is 12.1 Å². The summed E-state index contributed by atoms with van der Waals surface area (Å²) in [5, 5.41) is 6.61. The highest BCUT2D eigenvalue weighted by atomic mass is 32.1. The van der Waals surface area contributed by atoms with Crippen LogP contribution < -0.4 is 15.4 Å². The molecular formula is C22H19N3O2S. The Kier molecular flexibility index (Phi) is 5.21. The van der Waals surface area contributed by atoms with E-state index in [9.17, 15) is 4.79 Å². The molecule has 1 aromatic heterocycles. The summed E-state index contributed by atoms with van der Waals surface area (Å²) in [5.41, 5.74) is 3.44. The maximum absolute atomic E-state index is 12.2. The van der Waals surface area contributed by atoms with Crippen molar-refractivity contribution >= 4 is 39.0 Å². The molecule has 0 aliphatic carbocycles. The molecule has 0 bridgehead atoms. The maximum atomic E-state index is 12.2. The third-order valence-corrected chi connectivity index (χ3v) is 5.19. The van der Waals surface area contributed by atoms with Gasteiger partial charge >= 0.3 is 6.03 Å². The molecule has 0 unspecified atom stereocenters. The van der Waals surface area contributed by atoms with Gasteiger partial charge in [0.1, 0.15) is 10.8 Å². The second-order valence-electron chi connectivity index (χ2n) is 6.10. The standard InChI is InChI=1S/C22H19N3O2S/c1-2-27-18-13-11-17(12-14-18)24-22(26)23-16-9-7-15(8-10-16)21-25-19-5-3-4-6-20(19)28-21/h3-14H,2H2,1H3,(H2,23,24,26). The highest BCUT2D eigenvalue weighted by Gasteiger charge is 2.07. The molecule has 5 nitrogen and oxygen atoms in total. The van der Waals surface area contributed by atoms with E-state index in [0.29, 0.717) is 18.0 Å². The number of hydrogen-bond donors (Lipinski definition) is 2. The first kappa shape index (κ1) is 18.0. The van der Waals surface area contributed by atoms with Gasteiger partial charge in [-0.2, -0.15) is 0 Å². The van der Waals surface area contributed by atoms with E-state index in [1.807, 2.05) is 61.5 Å². The average molecular weight is 389 g/mol. The van der Waals surface area contributed by atoms with Gasteiger partial charge in [-0.3, -0.25) is 0 Å². The van der Waals surface area contributed by atoms with Crippen LogP contribution in [0.5, 0.6) is 5.75 Å². The second-order valence-corrected chi connectivity index (χ2v) is 7.13. The topological polar surface area (TPSA) is 63.2 Å². The van der Waals surface area contributed by atoms with Gasteiger partial charge in [-0.05, 0) is 67.6 Å². The van der Waals surface area contributed by atoms with E-state index in [2.05, 4.69) is 21.7 Å². The summed E-state index contributed by atoms with van der Waals surface area (Å²) in [7, 11) is 0. The van der Waals surface area contributed by atoms with Gasteiger partial charge in [0.2, 0.25) is 0 Å². The number of ether oxygens (including phenoxy) is 1. The first-order chi connectivity index (χ1) is 13.7. The Morgan fingerprint density at radius 1 is 0.929 bits per heavy atom. The third-order valence-electron chi connectivity index (χ3n) is 4.11. The summed E-state index contributed by atoms with van der Waals surface area (Å²) >= 11 is 1.66. The number of amides is 2. The lowest BCUT2D eigenvalue weighted by atomic mass is 10.2. The van der Waals surface area contributed by atoms with E-state index in [4.69, 9.17) is 4.74 Å². The van der Waals surface area contributed by atoms with Crippen LogP contribution in [0.4, 0.5) is 16.2 Å². The molecule has 28 heavy (non-hydrogen) atoms. The van der Waals surface area contributed by atoms with E-state index in [1.165, 1.54) is 0 Å². The Morgan fingerprint density at radius 2 is 1.57 bits per heavy atom. The number of carbonyl (C=O) groups is 1. The lowest BCUT2D eigenvalue weighted by Gasteiger charge is -2.09. The number of fused-ring (bicyclic) bond motifs is 1. The third kappa shape index (κ3) is 4.13. The summed E-state index contributed by atoms with van der Waals surface area (Å²) in [6, 6.07) is 22.7. The number of rotatable bonds is 5. The van der Waals surface area contributed by atoms with Gasteiger partial charge in [0.15, 0.2) is 0 Å². The molecule has 4 aromatic rings. The normalized spacial score (nSPS) is 10.6. The Morgan fingerprint density at radius 3 is 2.21 bits per heavy atom. The highest BCUT2D eigenvalue weighted by Crippen LogP contribution is 2.30. The van der Waals surface area contributed by atoms with Gasteiger partial charge < -0.3 is 15.4 Å². The number of nitrogens with one attached hydrogen (secondary N) is 2. The molecule has 3 aromatic carbocycles. The molecule has 4 rings (SSSR count). The van der Waals surface area contributed by atoms with Crippen molar-refractivity contribution < 1.29 is 9.53 Å². The van der Waals surface area contributed by atoms with Crippen LogP contribution in [0, 0.1) is 0 Å². The quantitative estimate of drug-likeness (QED) is 0.440. The number of thiazole rings is 1. The summed E-state index contributed by atoms with van der Waals surface area (Å²) in [6.07, 6.45) is 0. The molecule has 0 saturated carbocycles. The van der Waals surface area contributed by atoms with Crippen molar-refractivity contribution in [1.82, 2.24) is 4.98 Å². The van der Waals surface area contributed by atoms with Crippen LogP contribution in [0.25, 0.3) is 20.8 Å². The van der Waals surface area contributed by atoms with Crippen molar-refractivity contribution in [2.75, 3.05) is 17.2 Å². The fraction of sp³-hybridized carbons (Fsp3) is 0.0909. The summed E-state index contributed by atoms with van der Waals surface area (Å²) in [4.78, 5) is 16.9. The number of aromatic nitrogens is 1. The van der Waals surface area contributed by atoms with Crippen LogP contribution in [0.3, 0.4) is 0 Å². The van der Waals surface area contributed by atoms with E-state index >= 15 is 0 Å². The molecule has 0 aliphatic rings. The molecule has 6 heteroatoms. The number of hydrogen-bond acceptors (Lipinski definition) is 4. The van der Waals surface area contributed by atoms with E-state index in [1.54, 1.807) is 23.5 Å². The molecule has 0 aliphatic heterocycles. The summed E-state index contributed by atoms with van der Waals surface area (Å²) in [5.74, 6) is 0.777. The SMILES string of the molecule is CCOc1ccc(NC(=O)Nc2ccc(-c3nc4ccccc4s3)cc2)cc1. The van der Waals surface area contributed by atoms with Crippen molar-refractivity contribution in [3.8, 4) is 16.3 Å². The predicted octanol–water partition coefficient (Wildman–Crippen LogP) is 6.01. The van der Waals surface area contributed by atoms with Crippen LogP contribution >= 0.6 is 11.3 Å². The summed E-state index contributed by atoms with van der Waals surface area (Å²) in [6.45, 7) is 2.54. The number of urea groups is 1. The van der Waals surface area contributed by atoms with Crippen molar-refractivity contribution in [2.45, 2.75) is 6.92 Å². The van der Waals surface area contributed by atoms with Gasteiger partial charge in [0.25, 0.3) is 0 Å². The molecule has 2 amide bonds. The molecule has 0 spiro atoms. The van der Waals surface area contributed by atoms with Gasteiger partial charge in [0.05, 0.1) is 16.8 Å². The Balaban J connectivity index is 1.40. The Hall–Kier alpha value is -3.38. The molecule has 0 fully saturated rings. The monoisotopic (exact) mass is 389 g/mol. The van der Waals surface area contributed by atoms with Crippen LogP contribution in [-0.4, -0.2) is 17.6 Å². The zero-order valence-corrected chi connectivity index (χ0v) is 16.1. The zero-order chi connectivity index (χ0) is 19.3. The second kappa shape index (κ2) is 8.10.